The molecule has 2 aromatic rings. The molecule has 2 aromatic carbocycles. The van der Waals surface area contributed by atoms with Crippen LogP contribution in [0.5, 0.6) is 5.75 Å². The van der Waals surface area contributed by atoms with Crippen molar-refractivity contribution in [1.29, 1.82) is 5.41 Å². The molecule has 1 atom stereocenters. The van der Waals surface area contributed by atoms with Crippen molar-refractivity contribution in [2.75, 3.05) is 0 Å². The van der Waals surface area contributed by atoms with Crippen LogP contribution in [0, 0.1) is 17.0 Å². The summed E-state index contributed by atoms with van der Waals surface area (Å²) in [5.74, 6) is -1.36. The zero-order valence-corrected chi connectivity index (χ0v) is 21.0. The molecule has 0 bridgehead atoms. The van der Waals surface area contributed by atoms with Crippen LogP contribution in [0.1, 0.15) is 80.9 Å². The van der Waals surface area contributed by atoms with Gasteiger partial charge in [0.15, 0.2) is 5.96 Å². The Kier molecular flexibility index (Phi) is 6.77. The van der Waals surface area contributed by atoms with Crippen molar-refractivity contribution < 1.29 is 23.1 Å². The van der Waals surface area contributed by atoms with Crippen LogP contribution < -0.4 is 15.4 Å². The summed E-state index contributed by atoms with van der Waals surface area (Å²) in [7, 11) is 0. The van der Waals surface area contributed by atoms with Crippen LogP contribution in [-0.2, 0) is 11.3 Å². The van der Waals surface area contributed by atoms with Gasteiger partial charge in [-0.1, -0.05) is 13.8 Å². The fourth-order valence-electron chi connectivity index (χ4n) is 4.97. The lowest BCUT2D eigenvalue weighted by Crippen LogP contribution is -2.61. The molecule has 7 nitrogen and oxygen atoms in total. The van der Waals surface area contributed by atoms with Gasteiger partial charge in [0.1, 0.15) is 23.0 Å². The molecule has 4 rings (SSSR count). The number of benzene rings is 2. The highest BCUT2D eigenvalue weighted by Gasteiger charge is 2.39. The van der Waals surface area contributed by atoms with E-state index in [0.29, 0.717) is 36.1 Å². The predicted octanol–water partition coefficient (Wildman–Crippen LogP) is 4.81. The van der Waals surface area contributed by atoms with Crippen molar-refractivity contribution in [2.24, 2.45) is 0 Å². The third-order valence-electron chi connectivity index (χ3n) is 7.09. The van der Waals surface area contributed by atoms with Gasteiger partial charge < -0.3 is 15.4 Å². The fourth-order valence-corrected chi connectivity index (χ4v) is 4.97. The molecule has 2 amide bonds. The molecule has 0 aromatic heterocycles. The smallest absolute Gasteiger partial charge is 0.251 e. The molecule has 1 fully saturated rings. The molecule has 9 heteroatoms. The first-order chi connectivity index (χ1) is 16.9. The molecule has 2 aliphatic heterocycles. The van der Waals surface area contributed by atoms with Gasteiger partial charge in [-0.15, -0.1) is 0 Å². The molecule has 0 aliphatic carbocycles. The van der Waals surface area contributed by atoms with E-state index in [0.717, 1.165) is 6.07 Å². The number of nitrogens with zero attached hydrogens (tertiary/aromatic N) is 1. The third-order valence-corrected chi connectivity index (χ3v) is 7.09. The van der Waals surface area contributed by atoms with E-state index >= 15 is 0 Å². The summed E-state index contributed by atoms with van der Waals surface area (Å²) in [6.45, 7) is 7.66. The molecule has 2 aliphatic rings. The average Bonchev–Trinajstić information content (AvgIpc) is 2.81. The summed E-state index contributed by atoms with van der Waals surface area (Å²) in [5.41, 5.74) is -0.0605. The summed E-state index contributed by atoms with van der Waals surface area (Å²) >= 11 is 0. The number of ether oxygens (including phenoxy) is 1. The number of hydrogen-bond donors (Lipinski definition) is 3. The summed E-state index contributed by atoms with van der Waals surface area (Å²) in [5, 5.41) is 14.4. The zero-order chi connectivity index (χ0) is 26.3. The topological polar surface area (TPSA) is 94.5 Å². The Morgan fingerprint density at radius 1 is 1.17 bits per heavy atom. The molecule has 3 N–H and O–H groups in total. The zero-order valence-electron chi connectivity index (χ0n) is 21.0. The van der Waals surface area contributed by atoms with Crippen LogP contribution in [0.15, 0.2) is 36.4 Å². The molecule has 0 saturated carbocycles. The Hall–Kier alpha value is -3.49. The van der Waals surface area contributed by atoms with Crippen LogP contribution in [0.3, 0.4) is 0 Å². The monoisotopic (exact) mass is 498 g/mol. The van der Waals surface area contributed by atoms with Gasteiger partial charge in [-0.25, -0.2) is 8.78 Å². The highest BCUT2D eigenvalue weighted by atomic mass is 19.1. The molecule has 0 unspecified atom stereocenters. The Bertz CT molecular complexity index is 1190. The van der Waals surface area contributed by atoms with Crippen molar-refractivity contribution in [3.63, 3.8) is 0 Å². The third kappa shape index (κ3) is 5.20. The second-order valence-corrected chi connectivity index (χ2v) is 10.2. The number of carbonyl (C=O) groups excluding carboxylic acids is 2. The minimum Gasteiger partial charge on any atom is -0.487 e. The van der Waals surface area contributed by atoms with E-state index in [1.54, 1.807) is 0 Å². The van der Waals surface area contributed by atoms with E-state index in [2.05, 4.69) is 10.6 Å². The van der Waals surface area contributed by atoms with E-state index < -0.39 is 34.7 Å². The molecular formula is C27H32F2N4O3. The van der Waals surface area contributed by atoms with Gasteiger partial charge >= 0.3 is 0 Å². The van der Waals surface area contributed by atoms with Crippen molar-refractivity contribution in [2.45, 2.75) is 77.1 Å². The number of amides is 2. The van der Waals surface area contributed by atoms with Crippen LogP contribution in [0.2, 0.25) is 0 Å². The first kappa shape index (κ1) is 25.6. The van der Waals surface area contributed by atoms with Gasteiger partial charge in [0.2, 0.25) is 5.91 Å². The van der Waals surface area contributed by atoms with Crippen LogP contribution in [-0.4, -0.2) is 33.8 Å². The largest absolute Gasteiger partial charge is 0.487 e. The lowest BCUT2D eigenvalue weighted by molar-refractivity contribution is -0.131. The quantitative estimate of drug-likeness (QED) is 0.533. The Labute approximate surface area is 209 Å². The molecule has 1 saturated heterocycles. The maximum Gasteiger partial charge on any atom is 0.251 e. The second kappa shape index (κ2) is 9.52. The van der Waals surface area contributed by atoms with Gasteiger partial charge in [0, 0.05) is 23.1 Å². The molecule has 192 valence electrons. The summed E-state index contributed by atoms with van der Waals surface area (Å²) in [4.78, 5) is 27.3. The van der Waals surface area contributed by atoms with Crippen LogP contribution in [0.4, 0.5) is 8.78 Å². The number of nitrogens with one attached hydrogen (secondary N) is 3. The van der Waals surface area contributed by atoms with Crippen molar-refractivity contribution in [3.8, 4) is 5.75 Å². The average molecular weight is 499 g/mol. The number of carbonyl (C=O) groups is 2. The number of hydrogen-bond acceptors (Lipinski definition) is 4. The molecular weight excluding hydrogens is 466 g/mol. The van der Waals surface area contributed by atoms with Crippen LogP contribution >= 0.6 is 0 Å². The van der Waals surface area contributed by atoms with E-state index in [1.165, 1.54) is 35.2 Å². The SMILES string of the molecule is CCC1(CC)CC(=O)N(Cc2cc(F)cc(C(=O)N[C@H]3CC(C)(C)Oc4ccc(F)cc43)c2)C(=N)N1. The van der Waals surface area contributed by atoms with E-state index in [1.807, 2.05) is 27.7 Å². The first-order valence-electron chi connectivity index (χ1n) is 12.2. The standard InChI is InChI=1S/C27H32F2N4O3/c1-5-27(6-2)14-23(34)33(25(30)32-27)15-16-9-17(11-19(29)10-16)24(35)31-21-13-26(3,4)36-22-8-7-18(28)12-20(21)22/h7-12,21H,5-6,13-15H2,1-4H3,(H2,30,32)(H,31,35)/t21-/m0/s1. The Morgan fingerprint density at radius 3 is 2.56 bits per heavy atom. The van der Waals surface area contributed by atoms with Crippen molar-refractivity contribution in [3.05, 3.63) is 64.7 Å². The molecule has 0 radical (unpaired) electrons. The van der Waals surface area contributed by atoms with Crippen LogP contribution in [0.25, 0.3) is 0 Å². The van der Waals surface area contributed by atoms with Gasteiger partial charge in [-0.05, 0) is 68.7 Å². The Balaban J connectivity index is 1.54. The van der Waals surface area contributed by atoms with Gasteiger partial charge in [-0.3, -0.25) is 19.9 Å². The lowest BCUT2D eigenvalue weighted by Gasteiger charge is -2.42. The molecule has 36 heavy (non-hydrogen) atoms. The van der Waals surface area contributed by atoms with Gasteiger partial charge in [0.25, 0.3) is 5.91 Å². The number of halogens is 2. The fraction of sp³-hybridized carbons (Fsp3) is 0.444. The number of rotatable bonds is 6. The van der Waals surface area contributed by atoms with Gasteiger partial charge in [0.05, 0.1) is 19.0 Å². The molecule has 2 heterocycles. The predicted molar refractivity (Wildman–Crippen MR) is 132 cm³/mol. The van der Waals surface area contributed by atoms with E-state index in [9.17, 15) is 18.4 Å². The maximum absolute atomic E-state index is 14.5. The summed E-state index contributed by atoms with van der Waals surface area (Å²) < 4.78 is 34.4. The Morgan fingerprint density at radius 2 is 1.89 bits per heavy atom. The van der Waals surface area contributed by atoms with Gasteiger partial charge in [-0.2, -0.15) is 0 Å². The van der Waals surface area contributed by atoms with Crippen molar-refractivity contribution >= 4 is 17.8 Å². The first-order valence-corrected chi connectivity index (χ1v) is 12.2. The maximum atomic E-state index is 14.5. The minimum atomic E-state index is -0.628. The highest BCUT2D eigenvalue weighted by molar-refractivity contribution is 5.99. The minimum absolute atomic E-state index is 0.0340. The number of fused-ring (bicyclic) bond motifs is 1. The number of guanidine groups is 1. The lowest BCUT2D eigenvalue weighted by atomic mass is 9.87. The van der Waals surface area contributed by atoms with E-state index in [4.69, 9.17) is 10.1 Å². The molecule has 0 spiro atoms. The normalized spacial score (nSPS) is 20.3. The highest BCUT2D eigenvalue weighted by Crippen LogP contribution is 2.40. The summed E-state index contributed by atoms with van der Waals surface area (Å²) in [6, 6.07) is 7.53. The van der Waals surface area contributed by atoms with E-state index in [-0.39, 0.29) is 30.4 Å². The van der Waals surface area contributed by atoms with Crippen molar-refractivity contribution in [1.82, 2.24) is 15.5 Å². The second-order valence-electron chi connectivity index (χ2n) is 10.2. The summed E-state index contributed by atoms with van der Waals surface area (Å²) in [6.07, 6.45) is 2.04.